The summed E-state index contributed by atoms with van der Waals surface area (Å²) < 4.78 is 10.6. The molecule has 0 radical (unpaired) electrons. The third-order valence-electron chi connectivity index (χ3n) is 2.27. The molecule has 90 valence electrons. The maximum absolute atomic E-state index is 8.75. The van der Waals surface area contributed by atoms with Crippen LogP contribution in [-0.2, 0) is 0 Å². The van der Waals surface area contributed by atoms with E-state index in [1.807, 2.05) is 6.07 Å². The number of hydrogen-bond acceptors (Lipinski definition) is 5. The lowest BCUT2D eigenvalue weighted by atomic mass is 10.3. The van der Waals surface area contributed by atoms with E-state index in [9.17, 15) is 0 Å². The number of rotatable bonds is 3. The third-order valence-corrected chi connectivity index (χ3v) is 2.27. The quantitative estimate of drug-likeness (QED) is 0.834. The van der Waals surface area contributed by atoms with E-state index in [0.717, 1.165) is 0 Å². The maximum Gasteiger partial charge on any atom is 0.220 e. The molecule has 1 heterocycles. The largest absolute Gasteiger partial charge is 0.497 e. The van der Waals surface area contributed by atoms with Crippen LogP contribution < -0.4 is 15.2 Å². The number of nitriles is 1. The van der Waals surface area contributed by atoms with Crippen LogP contribution in [0.5, 0.6) is 17.4 Å². The van der Waals surface area contributed by atoms with Crippen molar-refractivity contribution in [2.75, 3.05) is 12.8 Å². The van der Waals surface area contributed by atoms with Crippen LogP contribution in [-0.4, -0.2) is 12.1 Å². The highest BCUT2D eigenvalue weighted by Gasteiger charge is 2.05. The van der Waals surface area contributed by atoms with Crippen LogP contribution in [0.25, 0.3) is 0 Å². The molecule has 5 nitrogen and oxygen atoms in total. The molecule has 2 rings (SSSR count). The van der Waals surface area contributed by atoms with Crippen LogP contribution in [0.4, 0.5) is 5.69 Å². The first-order chi connectivity index (χ1) is 8.72. The second-order valence-electron chi connectivity index (χ2n) is 3.48. The number of nitrogens with zero attached hydrogens (tertiary/aromatic N) is 2. The van der Waals surface area contributed by atoms with Crippen LogP contribution in [0.2, 0.25) is 0 Å². The smallest absolute Gasteiger partial charge is 0.220 e. The number of hydrogen-bond donors (Lipinski definition) is 1. The van der Waals surface area contributed by atoms with Crippen molar-refractivity contribution in [3.8, 4) is 23.4 Å². The average Bonchev–Trinajstić information content (AvgIpc) is 2.41. The van der Waals surface area contributed by atoms with Gasteiger partial charge in [-0.2, -0.15) is 5.26 Å². The van der Waals surface area contributed by atoms with Gasteiger partial charge in [-0.15, -0.1) is 0 Å². The molecule has 5 heteroatoms. The number of aromatic nitrogens is 1. The third kappa shape index (κ3) is 2.50. The first kappa shape index (κ1) is 11.7. The molecule has 0 aliphatic heterocycles. The molecule has 0 spiro atoms. The van der Waals surface area contributed by atoms with E-state index >= 15 is 0 Å². The van der Waals surface area contributed by atoms with Crippen molar-refractivity contribution in [3.05, 3.63) is 42.1 Å². The number of methoxy groups -OCH3 is 1. The highest BCUT2D eigenvalue weighted by molar-refractivity contribution is 5.56. The molecule has 2 N–H and O–H groups in total. The zero-order chi connectivity index (χ0) is 13.0. The van der Waals surface area contributed by atoms with Gasteiger partial charge in [0.1, 0.15) is 17.5 Å². The number of nitrogens with two attached hydrogens (primary N) is 1. The fourth-order valence-corrected chi connectivity index (χ4v) is 1.38. The number of pyridine rings is 1. The lowest BCUT2D eigenvalue weighted by molar-refractivity contribution is 0.408. The van der Waals surface area contributed by atoms with Gasteiger partial charge in [0.25, 0.3) is 0 Å². The summed E-state index contributed by atoms with van der Waals surface area (Å²) in [5.41, 5.74) is 6.55. The fraction of sp³-hybridized carbons (Fsp3) is 0.0769. The van der Waals surface area contributed by atoms with Gasteiger partial charge in [-0.3, -0.25) is 0 Å². The average molecular weight is 241 g/mol. The second kappa shape index (κ2) is 5.06. The molecule has 0 saturated heterocycles. The van der Waals surface area contributed by atoms with E-state index in [4.69, 9.17) is 20.5 Å². The number of anilines is 1. The monoisotopic (exact) mass is 241 g/mol. The van der Waals surface area contributed by atoms with Crippen molar-refractivity contribution < 1.29 is 9.47 Å². The topological polar surface area (TPSA) is 81.2 Å². The molecule has 0 saturated carbocycles. The Bertz CT molecular complexity index is 605. The minimum atomic E-state index is 0.286. The second-order valence-corrected chi connectivity index (χ2v) is 3.48. The highest BCUT2D eigenvalue weighted by Crippen LogP contribution is 2.30. The zero-order valence-corrected chi connectivity index (χ0v) is 9.75. The number of ether oxygens (including phenoxy) is 2. The standard InChI is InChI=1S/C13H11N3O2/c1-17-10-5-6-11(15)12(7-10)18-13-4-2-3-9(8-14)16-13/h2-7H,15H2,1H3. The Morgan fingerprint density at radius 1 is 1.28 bits per heavy atom. The normalized spacial score (nSPS) is 9.56. The van der Waals surface area contributed by atoms with Gasteiger partial charge >= 0.3 is 0 Å². The van der Waals surface area contributed by atoms with E-state index < -0.39 is 0 Å². The van der Waals surface area contributed by atoms with Crippen LogP contribution >= 0.6 is 0 Å². The summed E-state index contributed by atoms with van der Waals surface area (Å²) in [4.78, 5) is 4.00. The summed E-state index contributed by atoms with van der Waals surface area (Å²) in [5, 5.41) is 8.75. The van der Waals surface area contributed by atoms with Gasteiger partial charge < -0.3 is 15.2 Å². The highest BCUT2D eigenvalue weighted by atomic mass is 16.5. The van der Waals surface area contributed by atoms with Crippen LogP contribution in [0, 0.1) is 11.3 Å². The molecule has 0 atom stereocenters. The van der Waals surface area contributed by atoms with Crippen LogP contribution in [0.15, 0.2) is 36.4 Å². The van der Waals surface area contributed by atoms with Crippen molar-refractivity contribution in [1.29, 1.82) is 5.26 Å². The van der Waals surface area contributed by atoms with Crippen molar-refractivity contribution in [2.24, 2.45) is 0 Å². The van der Waals surface area contributed by atoms with E-state index in [1.165, 1.54) is 0 Å². The van der Waals surface area contributed by atoms with Gasteiger partial charge in [-0.1, -0.05) is 6.07 Å². The van der Waals surface area contributed by atoms with E-state index in [0.29, 0.717) is 23.1 Å². The predicted molar refractivity (Wildman–Crippen MR) is 66.4 cm³/mol. The molecule has 2 aromatic rings. The first-order valence-corrected chi connectivity index (χ1v) is 5.21. The Labute approximate surface area is 104 Å². The summed E-state index contributed by atoms with van der Waals surface area (Å²) in [6, 6.07) is 12.0. The molecule has 1 aromatic heterocycles. The minimum Gasteiger partial charge on any atom is -0.497 e. The molecule has 0 aliphatic rings. The van der Waals surface area contributed by atoms with Crippen molar-refractivity contribution in [2.45, 2.75) is 0 Å². The van der Waals surface area contributed by atoms with Gasteiger partial charge in [0.05, 0.1) is 12.8 Å². The molecule has 0 amide bonds. The van der Waals surface area contributed by atoms with Crippen LogP contribution in [0.3, 0.4) is 0 Å². The predicted octanol–water partition coefficient (Wildman–Crippen LogP) is 2.34. The molecule has 0 unspecified atom stereocenters. The SMILES string of the molecule is COc1ccc(N)c(Oc2cccc(C#N)n2)c1. The van der Waals surface area contributed by atoms with Gasteiger partial charge in [0.15, 0.2) is 5.75 Å². The number of benzene rings is 1. The lowest BCUT2D eigenvalue weighted by Crippen LogP contribution is -1.95. The first-order valence-electron chi connectivity index (χ1n) is 5.21. The summed E-state index contributed by atoms with van der Waals surface area (Å²) in [7, 11) is 1.56. The molecular formula is C13H11N3O2. The Morgan fingerprint density at radius 3 is 2.83 bits per heavy atom. The van der Waals surface area contributed by atoms with Crippen LogP contribution in [0.1, 0.15) is 5.69 Å². The van der Waals surface area contributed by atoms with E-state index in [2.05, 4.69) is 4.98 Å². The Kier molecular flexibility index (Phi) is 3.30. The van der Waals surface area contributed by atoms with E-state index in [1.54, 1.807) is 43.5 Å². The van der Waals surface area contributed by atoms with Crippen molar-refractivity contribution in [1.82, 2.24) is 4.98 Å². The molecule has 18 heavy (non-hydrogen) atoms. The molecule has 0 fully saturated rings. The summed E-state index contributed by atoms with van der Waals surface area (Å²) in [6.07, 6.45) is 0. The molecular weight excluding hydrogens is 230 g/mol. The summed E-state index contributed by atoms with van der Waals surface area (Å²) in [6.45, 7) is 0. The number of nitrogen functional groups attached to an aromatic ring is 1. The van der Waals surface area contributed by atoms with Gasteiger partial charge in [0, 0.05) is 12.1 Å². The fourth-order valence-electron chi connectivity index (χ4n) is 1.38. The van der Waals surface area contributed by atoms with Gasteiger partial charge in [-0.05, 0) is 18.2 Å². The minimum absolute atomic E-state index is 0.286. The summed E-state index contributed by atoms with van der Waals surface area (Å²) in [5.74, 6) is 1.39. The molecule has 0 aliphatic carbocycles. The van der Waals surface area contributed by atoms with Crippen molar-refractivity contribution >= 4 is 5.69 Å². The summed E-state index contributed by atoms with van der Waals surface area (Å²) >= 11 is 0. The van der Waals surface area contributed by atoms with E-state index in [-0.39, 0.29) is 5.69 Å². The van der Waals surface area contributed by atoms with Crippen molar-refractivity contribution in [3.63, 3.8) is 0 Å². The van der Waals surface area contributed by atoms with Gasteiger partial charge in [-0.25, -0.2) is 4.98 Å². The lowest BCUT2D eigenvalue weighted by Gasteiger charge is -2.09. The molecule has 0 bridgehead atoms. The zero-order valence-electron chi connectivity index (χ0n) is 9.75. The Hall–Kier alpha value is -2.74. The van der Waals surface area contributed by atoms with Gasteiger partial charge in [0.2, 0.25) is 5.88 Å². The Morgan fingerprint density at radius 2 is 2.11 bits per heavy atom. The molecule has 1 aromatic carbocycles. The maximum atomic E-state index is 8.75. The Balaban J connectivity index is 2.30.